The second-order valence-electron chi connectivity index (χ2n) is 5.62. The lowest BCUT2D eigenvalue weighted by Crippen LogP contribution is -2.41. The predicted molar refractivity (Wildman–Crippen MR) is 93.7 cm³/mol. The SMILES string of the molecule is OC[C@@H](COCc1ccccc1)[C@H]1CNc2cc(Br)ccc2O1. The number of aliphatic hydroxyl groups excluding tert-OH is 1. The molecule has 0 aromatic heterocycles. The average Bonchev–Trinajstić information content (AvgIpc) is 2.59. The average molecular weight is 378 g/mol. The molecule has 0 saturated carbocycles. The van der Waals surface area contributed by atoms with Crippen molar-refractivity contribution in [3.63, 3.8) is 0 Å². The number of halogens is 1. The Balaban J connectivity index is 1.55. The lowest BCUT2D eigenvalue weighted by Gasteiger charge is -2.32. The summed E-state index contributed by atoms with van der Waals surface area (Å²) in [5.41, 5.74) is 2.10. The van der Waals surface area contributed by atoms with Crippen LogP contribution in [0.1, 0.15) is 5.56 Å². The maximum atomic E-state index is 9.67. The number of nitrogens with one attached hydrogen (secondary N) is 1. The van der Waals surface area contributed by atoms with E-state index in [0.29, 0.717) is 19.8 Å². The molecular formula is C18H20BrNO3. The highest BCUT2D eigenvalue weighted by atomic mass is 79.9. The number of benzene rings is 2. The Hall–Kier alpha value is -1.56. The molecule has 23 heavy (non-hydrogen) atoms. The van der Waals surface area contributed by atoms with Crippen LogP contribution in [0, 0.1) is 5.92 Å². The number of hydrogen-bond acceptors (Lipinski definition) is 4. The summed E-state index contributed by atoms with van der Waals surface area (Å²) in [6.45, 7) is 1.70. The van der Waals surface area contributed by atoms with Gasteiger partial charge in [0.05, 0.1) is 32.1 Å². The second kappa shape index (κ2) is 7.81. The standard InChI is InChI=1S/C18H20BrNO3/c19-15-6-7-17-16(8-15)20-9-18(23-17)14(10-21)12-22-11-13-4-2-1-3-5-13/h1-8,14,18,20-21H,9-12H2/t14-,18+/m0/s1. The van der Waals surface area contributed by atoms with Crippen LogP contribution in [-0.4, -0.2) is 31.0 Å². The molecular weight excluding hydrogens is 358 g/mol. The minimum Gasteiger partial charge on any atom is -0.486 e. The molecule has 1 aliphatic rings. The van der Waals surface area contributed by atoms with Crippen LogP contribution in [0.15, 0.2) is 53.0 Å². The minimum absolute atomic E-state index is 0.0347. The van der Waals surface area contributed by atoms with Gasteiger partial charge in [-0.1, -0.05) is 46.3 Å². The lowest BCUT2D eigenvalue weighted by atomic mass is 10.0. The van der Waals surface area contributed by atoms with E-state index in [-0.39, 0.29) is 18.6 Å². The van der Waals surface area contributed by atoms with Crippen molar-refractivity contribution in [3.05, 3.63) is 58.6 Å². The van der Waals surface area contributed by atoms with Gasteiger partial charge in [-0.2, -0.15) is 0 Å². The lowest BCUT2D eigenvalue weighted by molar-refractivity contribution is 0.00880. The van der Waals surface area contributed by atoms with Crippen molar-refractivity contribution in [3.8, 4) is 5.75 Å². The van der Waals surface area contributed by atoms with Gasteiger partial charge in [0.25, 0.3) is 0 Å². The van der Waals surface area contributed by atoms with E-state index in [2.05, 4.69) is 21.2 Å². The van der Waals surface area contributed by atoms with Gasteiger partial charge in [0.2, 0.25) is 0 Å². The number of hydrogen-bond donors (Lipinski definition) is 2. The topological polar surface area (TPSA) is 50.7 Å². The van der Waals surface area contributed by atoms with Gasteiger partial charge in [0, 0.05) is 10.4 Å². The first kappa shape index (κ1) is 16.3. The van der Waals surface area contributed by atoms with Crippen LogP contribution in [0.3, 0.4) is 0 Å². The molecule has 2 N–H and O–H groups in total. The molecule has 0 fully saturated rings. The molecule has 122 valence electrons. The zero-order valence-electron chi connectivity index (χ0n) is 12.7. The van der Waals surface area contributed by atoms with Gasteiger partial charge in [-0.3, -0.25) is 0 Å². The zero-order valence-corrected chi connectivity index (χ0v) is 14.3. The Morgan fingerprint density at radius 2 is 2.09 bits per heavy atom. The molecule has 0 amide bonds. The summed E-state index contributed by atoms with van der Waals surface area (Å²) in [7, 11) is 0. The van der Waals surface area contributed by atoms with Crippen LogP contribution >= 0.6 is 15.9 Å². The summed E-state index contributed by atoms with van der Waals surface area (Å²) in [6.07, 6.45) is -0.107. The van der Waals surface area contributed by atoms with Gasteiger partial charge in [0.1, 0.15) is 11.9 Å². The minimum atomic E-state index is -0.107. The summed E-state index contributed by atoms with van der Waals surface area (Å²) >= 11 is 3.45. The van der Waals surface area contributed by atoms with Crippen LogP contribution in [-0.2, 0) is 11.3 Å². The molecule has 2 aromatic rings. The monoisotopic (exact) mass is 377 g/mol. The Kier molecular flexibility index (Phi) is 5.54. The van der Waals surface area contributed by atoms with Crippen molar-refractivity contribution in [1.82, 2.24) is 0 Å². The quantitative estimate of drug-likeness (QED) is 0.809. The van der Waals surface area contributed by atoms with E-state index in [0.717, 1.165) is 21.5 Å². The Morgan fingerprint density at radius 3 is 2.87 bits per heavy atom. The van der Waals surface area contributed by atoms with Crippen molar-refractivity contribution >= 4 is 21.6 Å². The summed E-state index contributed by atoms with van der Waals surface area (Å²) in [5.74, 6) is 0.744. The molecule has 0 unspecified atom stereocenters. The van der Waals surface area contributed by atoms with Gasteiger partial charge in [-0.15, -0.1) is 0 Å². The van der Waals surface area contributed by atoms with Crippen molar-refractivity contribution in [1.29, 1.82) is 0 Å². The highest BCUT2D eigenvalue weighted by Gasteiger charge is 2.27. The predicted octanol–water partition coefficient (Wildman–Crippen LogP) is 3.45. The first-order valence-electron chi connectivity index (χ1n) is 7.69. The van der Waals surface area contributed by atoms with Gasteiger partial charge >= 0.3 is 0 Å². The van der Waals surface area contributed by atoms with Gasteiger partial charge in [-0.25, -0.2) is 0 Å². The number of ether oxygens (including phenoxy) is 2. The number of rotatable bonds is 6. The number of anilines is 1. The molecule has 0 bridgehead atoms. The maximum absolute atomic E-state index is 9.67. The second-order valence-corrected chi connectivity index (χ2v) is 6.54. The smallest absolute Gasteiger partial charge is 0.143 e. The van der Waals surface area contributed by atoms with Crippen LogP contribution in [0.4, 0.5) is 5.69 Å². The Bertz CT molecular complexity index is 635. The van der Waals surface area contributed by atoms with E-state index in [1.165, 1.54) is 0 Å². The molecule has 2 atom stereocenters. The molecule has 5 heteroatoms. The van der Waals surface area contributed by atoms with Crippen molar-refractivity contribution in [2.75, 3.05) is 25.1 Å². The first-order chi connectivity index (χ1) is 11.3. The van der Waals surface area contributed by atoms with E-state index in [4.69, 9.17) is 9.47 Å². The molecule has 2 aromatic carbocycles. The molecule has 1 aliphatic heterocycles. The molecule has 0 saturated heterocycles. The van der Waals surface area contributed by atoms with E-state index >= 15 is 0 Å². The molecule has 4 nitrogen and oxygen atoms in total. The number of aliphatic hydroxyl groups is 1. The fourth-order valence-electron chi connectivity index (χ4n) is 2.60. The summed E-state index contributed by atoms with van der Waals surface area (Å²) in [5, 5.41) is 13.0. The maximum Gasteiger partial charge on any atom is 0.143 e. The summed E-state index contributed by atoms with van der Waals surface area (Å²) in [4.78, 5) is 0. The van der Waals surface area contributed by atoms with Crippen LogP contribution in [0.25, 0.3) is 0 Å². The first-order valence-corrected chi connectivity index (χ1v) is 8.48. The third kappa shape index (κ3) is 4.25. The zero-order chi connectivity index (χ0) is 16.1. The summed E-state index contributed by atoms with van der Waals surface area (Å²) in [6, 6.07) is 15.9. The van der Waals surface area contributed by atoms with Crippen LogP contribution in [0.5, 0.6) is 5.75 Å². The highest BCUT2D eigenvalue weighted by Crippen LogP contribution is 2.33. The van der Waals surface area contributed by atoms with Crippen molar-refractivity contribution < 1.29 is 14.6 Å². The molecule has 0 radical (unpaired) electrons. The largest absolute Gasteiger partial charge is 0.486 e. The van der Waals surface area contributed by atoms with Crippen molar-refractivity contribution in [2.24, 2.45) is 5.92 Å². The fraction of sp³-hybridized carbons (Fsp3) is 0.333. The normalized spacial score (nSPS) is 17.7. The molecule has 0 spiro atoms. The van der Waals surface area contributed by atoms with E-state index in [9.17, 15) is 5.11 Å². The Labute approximate surface area is 144 Å². The van der Waals surface area contributed by atoms with E-state index < -0.39 is 0 Å². The van der Waals surface area contributed by atoms with Gasteiger partial charge in [0.15, 0.2) is 0 Å². The number of fused-ring (bicyclic) bond motifs is 1. The van der Waals surface area contributed by atoms with E-state index in [1.807, 2.05) is 48.5 Å². The third-order valence-corrected chi connectivity index (χ3v) is 4.41. The molecule has 0 aliphatic carbocycles. The third-order valence-electron chi connectivity index (χ3n) is 3.92. The van der Waals surface area contributed by atoms with Gasteiger partial charge < -0.3 is 19.9 Å². The van der Waals surface area contributed by atoms with E-state index in [1.54, 1.807) is 0 Å². The highest BCUT2D eigenvalue weighted by molar-refractivity contribution is 9.10. The fourth-order valence-corrected chi connectivity index (χ4v) is 2.96. The Morgan fingerprint density at radius 1 is 1.26 bits per heavy atom. The van der Waals surface area contributed by atoms with Crippen LogP contribution < -0.4 is 10.1 Å². The molecule has 1 heterocycles. The molecule has 3 rings (SSSR count). The van der Waals surface area contributed by atoms with Crippen molar-refractivity contribution in [2.45, 2.75) is 12.7 Å². The van der Waals surface area contributed by atoms with Crippen LogP contribution in [0.2, 0.25) is 0 Å². The summed E-state index contributed by atoms with van der Waals surface area (Å²) < 4.78 is 12.8. The van der Waals surface area contributed by atoms with Gasteiger partial charge in [-0.05, 0) is 23.8 Å².